The van der Waals surface area contributed by atoms with Crippen LogP contribution in [-0.2, 0) is 9.59 Å². The molecule has 6 nitrogen and oxygen atoms in total. The van der Waals surface area contributed by atoms with Crippen molar-refractivity contribution in [3.63, 3.8) is 0 Å². The Bertz CT molecular complexity index is 557. The quantitative estimate of drug-likeness (QED) is 0.840. The van der Waals surface area contributed by atoms with Crippen molar-refractivity contribution in [3.05, 3.63) is 22.4 Å². The molecule has 0 bridgehead atoms. The van der Waals surface area contributed by atoms with E-state index in [2.05, 4.69) is 11.4 Å². The zero-order valence-corrected chi connectivity index (χ0v) is 13.1. The largest absolute Gasteiger partial charge is 0.335 e. The minimum atomic E-state index is -0.352. The van der Waals surface area contributed by atoms with E-state index in [-0.39, 0.29) is 30.4 Å². The van der Waals surface area contributed by atoms with E-state index in [0.29, 0.717) is 19.4 Å². The molecule has 2 aliphatic rings. The van der Waals surface area contributed by atoms with E-state index in [4.69, 9.17) is 0 Å². The second kappa shape index (κ2) is 6.48. The van der Waals surface area contributed by atoms with Crippen LogP contribution in [0.1, 0.15) is 36.6 Å². The number of nitrogens with one attached hydrogen (secondary N) is 1. The Morgan fingerprint density at radius 2 is 2.27 bits per heavy atom. The summed E-state index contributed by atoms with van der Waals surface area (Å²) in [6, 6.07) is 3.94. The van der Waals surface area contributed by atoms with Gasteiger partial charge in [0.05, 0.1) is 12.6 Å². The van der Waals surface area contributed by atoms with Gasteiger partial charge >= 0.3 is 6.03 Å². The van der Waals surface area contributed by atoms with Gasteiger partial charge in [-0.3, -0.25) is 14.5 Å². The topological polar surface area (TPSA) is 69.7 Å². The second-order valence-electron chi connectivity index (χ2n) is 5.57. The van der Waals surface area contributed by atoms with Crippen molar-refractivity contribution in [1.29, 1.82) is 0 Å². The second-order valence-corrected chi connectivity index (χ2v) is 6.55. The van der Waals surface area contributed by atoms with Crippen molar-refractivity contribution in [1.82, 2.24) is 15.1 Å². The molecule has 22 heavy (non-hydrogen) atoms. The zero-order chi connectivity index (χ0) is 15.5. The molecule has 3 heterocycles. The SMILES string of the molecule is O=C1CNC(=O)N1CCCC(=O)N1CCC[C@H]1c1cccs1. The van der Waals surface area contributed by atoms with Crippen LogP contribution in [-0.4, -0.2) is 47.3 Å². The molecule has 2 fully saturated rings. The van der Waals surface area contributed by atoms with Gasteiger partial charge in [-0.25, -0.2) is 4.79 Å². The summed E-state index contributed by atoms with van der Waals surface area (Å²) >= 11 is 1.69. The van der Waals surface area contributed by atoms with Crippen LogP contribution < -0.4 is 5.32 Å². The van der Waals surface area contributed by atoms with E-state index >= 15 is 0 Å². The predicted octanol–water partition coefficient (Wildman–Crippen LogP) is 1.74. The molecule has 118 valence electrons. The monoisotopic (exact) mass is 321 g/mol. The summed E-state index contributed by atoms with van der Waals surface area (Å²) in [6.45, 7) is 1.18. The van der Waals surface area contributed by atoms with Crippen molar-refractivity contribution in [2.45, 2.75) is 31.7 Å². The summed E-state index contributed by atoms with van der Waals surface area (Å²) in [6.07, 6.45) is 2.94. The summed E-state index contributed by atoms with van der Waals surface area (Å²) in [5.41, 5.74) is 0. The standard InChI is InChI=1S/C15H19N3O3S/c19-13(6-2-8-18-14(20)10-16-15(18)21)17-7-1-4-11(17)12-5-3-9-22-12/h3,5,9,11H,1-2,4,6-8,10H2,(H,16,21)/t11-/m0/s1. The molecule has 1 aromatic heterocycles. The fraction of sp³-hybridized carbons (Fsp3) is 0.533. The van der Waals surface area contributed by atoms with E-state index in [1.54, 1.807) is 11.3 Å². The van der Waals surface area contributed by atoms with Crippen molar-refractivity contribution in [3.8, 4) is 0 Å². The van der Waals surface area contributed by atoms with E-state index in [0.717, 1.165) is 19.4 Å². The summed E-state index contributed by atoms with van der Waals surface area (Å²) in [5.74, 6) is -0.0990. The molecule has 1 aromatic rings. The van der Waals surface area contributed by atoms with Crippen molar-refractivity contribution in [2.24, 2.45) is 0 Å². The smallest absolute Gasteiger partial charge is 0.324 e. The van der Waals surface area contributed by atoms with Gasteiger partial charge in [0.25, 0.3) is 0 Å². The lowest BCUT2D eigenvalue weighted by Crippen LogP contribution is -2.34. The van der Waals surface area contributed by atoms with Gasteiger partial charge in [-0.1, -0.05) is 6.07 Å². The number of hydrogen-bond donors (Lipinski definition) is 1. The maximum Gasteiger partial charge on any atom is 0.324 e. The summed E-state index contributed by atoms with van der Waals surface area (Å²) in [4.78, 5) is 39.7. The normalized spacial score (nSPS) is 21.5. The van der Waals surface area contributed by atoms with Crippen LogP contribution in [0, 0.1) is 0 Å². The molecular formula is C15H19N3O3S. The number of imide groups is 1. The number of hydrogen-bond acceptors (Lipinski definition) is 4. The van der Waals surface area contributed by atoms with Gasteiger partial charge in [0.2, 0.25) is 11.8 Å². The first-order chi connectivity index (χ1) is 10.7. The molecule has 0 aliphatic carbocycles. The van der Waals surface area contributed by atoms with E-state index < -0.39 is 0 Å². The third kappa shape index (κ3) is 2.99. The number of urea groups is 1. The number of carbonyl (C=O) groups excluding carboxylic acids is 3. The van der Waals surface area contributed by atoms with Gasteiger partial charge in [-0.15, -0.1) is 11.3 Å². The number of amides is 4. The zero-order valence-electron chi connectivity index (χ0n) is 12.3. The summed E-state index contributed by atoms with van der Waals surface area (Å²) in [7, 11) is 0. The highest BCUT2D eigenvalue weighted by Crippen LogP contribution is 2.34. The Balaban J connectivity index is 1.51. The number of carbonyl (C=O) groups is 3. The molecule has 0 spiro atoms. The van der Waals surface area contributed by atoms with Crippen LogP contribution in [0.4, 0.5) is 4.79 Å². The van der Waals surface area contributed by atoms with E-state index in [1.807, 2.05) is 16.3 Å². The first-order valence-corrected chi connectivity index (χ1v) is 8.46. The lowest BCUT2D eigenvalue weighted by atomic mass is 10.1. The fourth-order valence-electron chi connectivity index (χ4n) is 3.06. The van der Waals surface area contributed by atoms with Gasteiger partial charge < -0.3 is 10.2 Å². The number of likely N-dealkylation sites (tertiary alicyclic amines) is 1. The van der Waals surface area contributed by atoms with Gasteiger partial charge in [0, 0.05) is 24.4 Å². The first-order valence-electron chi connectivity index (χ1n) is 7.58. The molecule has 0 aromatic carbocycles. The molecule has 0 saturated carbocycles. The number of thiophene rings is 1. The molecule has 1 atom stereocenters. The molecule has 0 unspecified atom stereocenters. The maximum absolute atomic E-state index is 12.4. The highest BCUT2D eigenvalue weighted by molar-refractivity contribution is 7.10. The minimum absolute atomic E-state index is 0.0688. The van der Waals surface area contributed by atoms with Gasteiger partial charge in [0.1, 0.15) is 0 Å². The lowest BCUT2D eigenvalue weighted by Gasteiger charge is -2.24. The Morgan fingerprint density at radius 1 is 1.41 bits per heavy atom. The lowest BCUT2D eigenvalue weighted by molar-refractivity contribution is -0.132. The molecule has 2 aliphatic heterocycles. The molecular weight excluding hydrogens is 302 g/mol. The van der Waals surface area contributed by atoms with Crippen molar-refractivity contribution < 1.29 is 14.4 Å². The molecule has 7 heteroatoms. The maximum atomic E-state index is 12.4. The van der Waals surface area contributed by atoms with E-state index in [1.165, 1.54) is 9.78 Å². The van der Waals surface area contributed by atoms with Crippen LogP contribution in [0.5, 0.6) is 0 Å². The summed E-state index contributed by atoms with van der Waals surface area (Å²) < 4.78 is 0. The van der Waals surface area contributed by atoms with Crippen molar-refractivity contribution >= 4 is 29.2 Å². The molecule has 0 radical (unpaired) electrons. The first kappa shape index (κ1) is 15.0. The van der Waals surface area contributed by atoms with Crippen LogP contribution in [0.3, 0.4) is 0 Å². The molecule has 2 saturated heterocycles. The van der Waals surface area contributed by atoms with Crippen LogP contribution in [0.2, 0.25) is 0 Å². The van der Waals surface area contributed by atoms with Gasteiger partial charge in [-0.2, -0.15) is 0 Å². The summed E-state index contributed by atoms with van der Waals surface area (Å²) in [5, 5.41) is 4.52. The van der Waals surface area contributed by atoms with Crippen LogP contribution in [0.15, 0.2) is 17.5 Å². The van der Waals surface area contributed by atoms with E-state index in [9.17, 15) is 14.4 Å². The van der Waals surface area contributed by atoms with Crippen LogP contribution in [0.25, 0.3) is 0 Å². The Kier molecular flexibility index (Phi) is 4.42. The fourth-order valence-corrected chi connectivity index (χ4v) is 3.93. The van der Waals surface area contributed by atoms with Gasteiger partial charge in [-0.05, 0) is 30.7 Å². The van der Waals surface area contributed by atoms with Crippen molar-refractivity contribution in [2.75, 3.05) is 19.6 Å². The Hall–Kier alpha value is -1.89. The molecule has 3 rings (SSSR count). The minimum Gasteiger partial charge on any atom is -0.335 e. The highest BCUT2D eigenvalue weighted by Gasteiger charge is 2.31. The van der Waals surface area contributed by atoms with Crippen LogP contribution >= 0.6 is 11.3 Å². The third-order valence-electron chi connectivity index (χ3n) is 4.15. The average molecular weight is 321 g/mol. The Morgan fingerprint density at radius 3 is 2.95 bits per heavy atom. The Labute approximate surface area is 133 Å². The highest BCUT2D eigenvalue weighted by atomic mass is 32.1. The molecule has 4 amide bonds. The third-order valence-corrected chi connectivity index (χ3v) is 5.13. The number of rotatable bonds is 5. The molecule has 1 N–H and O–H groups in total. The van der Waals surface area contributed by atoms with Gasteiger partial charge in [0.15, 0.2) is 0 Å². The number of nitrogens with zero attached hydrogens (tertiary/aromatic N) is 2. The predicted molar refractivity (Wildman–Crippen MR) is 82.4 cm³/mol. The average Bonchev–Trinajstić information content (AvgIpc) is 3.22.